The third-order valence-corrected chi connectivity index (χ3v) is 3.81. The lowest BCUT2D eigenvalue weighted by Crippen LogP contribution is -2.25. The minimum Gasteiger partial charge on any atom is -0.399 e. The summed E-state index contributed by atoms with van der Waals surface area (Å²) in [6.07, 6.45) is 1.40. The van der Waals surface area contributed by atoms with Gasteiger partial charge >= 0.3 is 0 Å². The molecule has 0 aliphatic rings. The lowest BCUT2D eigenvalue weighted by molar-refractivity contribution is -0.118. The Balaban J connectivity index is 2.45. The summed E-state index contributed by atoms with van der Waals surface area (Å²) in [5.41, 5.74) is 11.0. The lowest BCUT2D eigenvalue weighted by atomic mass is 10.2. The van der Waals surface area contributed by atoms with Crippen molar-refractivity contribution in [2.45, 2.75) is 24.2 Å². The van der Waals surface area contributed by atoms with Gasteiger partial charge in [0.25, 0.3) is 0 Å². The highest BCUT2D eigenvalue weighted by atomic mass is 32.2. The third kappa shape index (κ3) is 4.72. The van der Waals surface area contributed by atoms with Crippen molar-refractivity contribution < 1.29 is 13.2 Å². The quantitative estimate of drug-likeness (QED) is 0.485. The number of amides is 1. The molecule has 0 spiro atoms. The highest BCUT2D eigenvalue weighted by Crippen LogP contribution is 2.11. The molecule has 6 nitrogen and oxygen atoms in total. The van der Waals surface area contributed by atoms with Gasteiger partial charge in [0, 0.05) is 18.7 Å². The topological polar surface area (TPSA) is 115 Å². The van der Waals surface area contributed by atoms with E-state index in [1.165, 1.54) is 24.3 Å². The summed E-state index contributed by atoms with van der Waals surface area (Å²) in [5, 5.41) is 0. The SMILES string of the molecule is NC(=O)CCCCNS(=O)(=O)c1ccc(N)cc1. The second-order valence-corrected chi connectivity index (χ2v) is 5.66. The number of nitrogen functional groups attached to an aromatic ring is 1. The van der Waals surface area contributed by atoms with Gasteiger partial charge in [-0.2, -0.15) is 0 Å². The van der Waals surface area contributed by atoms with E-state index in [0.717, 1.165) is 0 Å². The number of benzene rings is 1. The van der Waals surface area contributed by atoms with Gasteiger partial charge in [0.1, 0.15) is 0 Å². The average molecular weight is 271 g/mol. The van der Waals surface area contributed by atoms with E-state index in [1.807, 2.05) is 0 Å². The van der Waals surface area contributed by atoms with Crippen molar-refractivity contribution in [1.82, 2.24) is 4.72 Å². The highest BCUT2D eigenvalue weighted by molar-refractivity contribution is 7.89. The van der Waals surface area contributed by atoms with E-state index >= 15 is 0 Å². The zero-order valence-corrected chi connectivity index (χ0v) is 10.7. The molecule has 1 aromatic rings. The molecule has 0 saturated carbocycles. The van der Waals surface area contributed by atoms with E-state index in [2.05, 4.69) is 4.72 Å². The van der Waals surface area contributed by atoms with Crippen LogP contribution in [-0.4, -0.2) is 20.9 Å². The Morgan fingerprint density at radius 2 is 1.78 bits per heavy atom. The standard InChI is InChI=1S/C11H17N3O3S/c12-9-4-6-10(7-5-9)18(16,17)14-8-2-1-3-11(13)15/h4-7,14H,1-3,8,12H2,(H2,13,15). The maximum atomic E-state index is 11.8. The largest absolute Gasteiger partial charge is 0.399 e. The molecular weight excluding hydrogens is 254 g/mol. The summed E-state index contributed by atoms with van der Waals surface area (Å²) in [7, 11) is -3.50. The molecule has 0 saturated heterocycles. The first-order chi connectivity index (χ1) is 8.42. The molecule has 0 radical (unpaired) electrons. The Morgan fingerprint density at radius 1 is 1.17 bits per heavy atom. The number of nitrogens with one attached hydrogen (secondary N) is 1. The zero-order chi connectivity index (χ0) is 13.6. The third-order valence-electron chi connectivity index (χ3n) is 2.33. The molecule has 1 rings (SSSR count). The first-order valence-electron chi connectivity index (χ1n) is 5.55. The first-order valence-corrected chi connectivity index (χ1v) is 7.03. The van der Waals surface area contributed by atoms with Gasteiger partial charge in [-0.05, 0) is 37.1 Å². The molecule has 1 amide bonds. The van der Waals surface area contributed by atoms with Gasteiger partial charge in [0.2, 0.25) is 15.9 Å². The van der Waals surface area contributed by atoms with Crippen molar-refractivity contribution >= 4 is 21.6 Å². The van der Waals surface area contributed by atoms with Gasteiger partial charge in [-0.1, -0.05) is 0 Å². The molecule has 1 aromatic carbocycles. The Labute approximate surface area is 106 Å². The molecule has 5 N–H and O–H groups in total. The summed E-state index contributed by atoms with van der Waals surface area (Å²) < 4.78 is 26.0. The normalized spacial score (nSPS) is 11.3. The number of anilines is 1. The molecule has 0 unspecified atom stereocenters. The number of carbonyl (C=O) groups excluding carboxylic acids is 1. The van der Waals surface area contributed by atoms with Crippen LogP contribution in [-0.2, 0) is 14.8 Å². The second kappa shape index (κ2) is 6.36. The first kappa shape index (κ1) is 14.5. The summed E-state index contributed by atoms with van der Waals surface area (Å²) >= 11 is 0. The van der Waals surface area contributed by atoms with Crippen LogP contribution in [0.2, 0.25) is 0 Å². The van der Waals surface area contributed by atoms with E-state index in [1.54, 1.807) is 0 Å². The van der Waals surface area contributed by atoms with Gasteiger partial charge in [0.05, 0.1) is 4.90 Å². The van der Waals surface area contributed by atoms with Crippen molar-refractivity contribution in [3.63, 3.8) is 0 Å². The van der Waals surface area contributed by atoms with Crippen LogP contribution in [0.4, 0.5) is 5.69 Å². The molecule has 0 fully saturated rings. The summed E-state index contributed by atoms with van der Waals surface area (Å²) in [4.78, 5) is 10.7. The molecule has 0 aliphatic carbocycles. The van der Waals surface area contributed by atoms with Crippen molar-refractivity contribution in [2.75, 3.05) is 12.3 Å². The van der Waals surface area contributed by atoms with Gasteiger partial charge < -0.3 is 11.5 Å². The number of rotatable bonds is 7. The van der Waals surface area contributed by atoms with E-state index in [-0.39, 0.29) is 23.8 Å². The number of carbonyl (C=O) groups is 1. The smallest absolute Gasteiger partial charge is 0.240 e. The van der Waals surface area contributed by atoms with Crippen LogP contribution in [0, 0.1) is 0 Å². The van der Waals surface area contributed by atoms with E-state index < -0.39 is 10.0 Å². The van der Waals surface area contributed by atoms with Crippen molar-refractivity contribution in [3.05, 3.63) is 24.3 Å². The maximum absolute atomic E-state index is 11.8. The fourth-order valence-electron chi connectivity index (χ4n) is 1.36. The molecule has 0 aromatic heterocycles. The van der Waals surface area contributed by atoms with Crippen LogP contribution in [0.3, 0.4) is 0 Å². The van der Waals surface area contributed by atoms with E-state index in [0.29, 0.717) is 18.5 Å². The van der Waals surface area contributed by atoms with Crippen LogP contribution in [0.25, 0.3) is 0 Å². The monoisotopic (exact) mass is 271 g/mol. The van der Waals surface area contributed by atoms with Crippen LogP contribution >= 0.6 is 0 Å². The van der Waals surface area contributed by atoms with Crippen LogP contribution in [0.1, 0.15) is 19.3 Å². The van der Waals surface area contributed by atoms with Crippen molar-refractivity contribution in [2.24, 2.45) is 5.73 Å². The molecule has 18 heavy (non-hydrogen) atoms. The highest BCUT2D eigenvalue weighted by Gasteiger charge is 2.12. The molecule has 100 valence electrons. The van der Waals surface area contributed by atoms with Crippen LogP contribution in [0.15, 0.2) is 29.2 Å². The Bertz CT molecular complexity index is 497. The summed E-state index contributed by atoms with van der Waals surface area (Å²) in [5.74, 6) is -0.378. The van der Waals surface area contributed by atoms with Crippen molar-refractivity contribution in [1.29, 1.82) is 0 Å². The average Bonchev–Trinajstić information content (AvgIpc) is 2.28. The van der Waals surface area contributed by atoms with Gasteiger partial charge in [-0.3, -0.25) is 4.79 Å². The zero-order valence-electron chi connectivity index (χ0n) is 9.93. The predicted octanol–water partition coefficient (Wildman–Crippen LogP) is 0.203. The Morgan fingerprint density at radius 3 is 2.33 bits per heavy atom. The summed E-state index contributed by atoms with van der Waals surface area (Å²) in [6, 6.07) is 5.95. The number of sulfonamides is 1. The van der Waals surface area contributed by atoms with Crippen LogP contribution in [0.5, 0.6) is 0 Å². The number of hydrogen-bond acceptors (Lipinski definition) is 4. The fraction of sp³-hybridized carbons (Fsp3) is 0.364. The van der Waals surface area contributed by atoms with E-state index in [4.69, 9.17) is 11.5 Å². The van der Waals surface area contributed by atoms with Crippen LogP contribution < -0.4 is 16.2 Å². The second-order valence-electron chi connectivity index (χ2n) is 3.89. The Kier molecular flexibility index (Phi) is 5.11. The van der Waals surface area contributed by atoms with Gasteiger partial charge in [0.15, 0.2) is 0 Å². The number of nitrogens with two attached hydrogens (primary N) is 2. The maximum Gasteiger partial charge on any atom is 0.240 e. The minimum atomic E-state index is -3.50. The Hall–Kier alpha value is -1.60. The fourth-order valence-corrected chi connectivity index (χ4v) is 2.44. The lowest BCUT2D eigenvalue weighted by Gasteiger charge is -2.06. The number of unbranched alkanes of at least 4 members (excludes halogenated alkanes) is 1. The molecule has 0 heterocycles. The summed E-state index contributed by atoms with van der Waals surface area (Å²) in [6.45, 7) is 0.278. The molecule has 0 atom stereocenters. The predicted molar refractivity (Wildman–Crippen MR) is 69.1 cm³/mol. The van der Waals surface area contributed by atoms with Crippen molar-refractivity contribution in [3.8, 4) is 0 Å². The van der Waals surface area contributed by atoms with Gasteiger partial charge in [-0.15, -0.1) is 0 Å². The van der Waals surface area contributed by atoms with Gasteiger partial charge in [-0.25, -0.2) is 13.1 Å². The number of hydrogen-bond donors (Lipinski definition) is 3. The molecule has 7 heteroatoms. The number of primary amides is 1. The molecular formula is C11H17N3O3S. The molecule has 0 bridgehead atoms. The minimum absolute atomic E-state index is 0.173. The van der Waals surface area contributed by atoms with E-state index in [9.17, 15) is 13.2 Å². The molecule has 0 aliphatic heterocycles.